The molecule has 0 aliphatic carbocycles. The zero-order valence-corrected chi connectivity index (χ0v) is 17.6. The van der Waals surface area contributed by atoms with Crippen molar-refractivity contribution in [1.29, 1.82) is 0 Å². The molecule has 2 aromatic rings. The van der Waals surface area contributed by atoms with E-state index in [2.05, 4.69) is 6.92 Å². The first-order valence-corrected chi connectivity index (χ1v) is 9.62. The second kappa shape index (κ2) is 9.98. The summed E-state index contributed by atoms with van der Waals surface area (Å²) < 4.78 is 11.0. The lowest BCUT2D eigenvalue weighted by Gasteiger charge is -2.32. The number of para-hydroxylation sites is 1. The van der Waals surface area contributed by atoms with E-state index in [1.165, 1.54) is 0 Å². The fraction of sp³-hybridized carbons (Fsp3) is 0.381. The normalized spacial score (nSPS) is 11.9. The molecule has 27 heavy (non-hydrogen) atoms. The van der Waals surface area contributed by atoms with Crippen molar-refractivity contribution >= 4 is 34.8 Å². The molecule has 0 aliphatic rings. The molecule has 4 nitrogen and oxygen atoms in total. The molecular formula is C21H25Cl2NO3. The molecule has 0 unspecified atom stereocenters. The first-order chi connectivity index (χ1) is 12.9. The van der Waals surface area contributed by atoms with Gasteiger partial charge in [-0.25, -0.2) is 0 Å². The highest BCUT2D eigenvalue weighted by atomic mass is 35.5. The minimum Gasteiger partial charge on any atom is -0.482 e. The van der Waals surface area contributed by atoms with Crippen molar-refractivity contribution in [3.8, 4) is 5.75 Å². The molecule has 0 saturated carbocycles. The van der Waals surface area contributed by atoms with Gasteiger partial charge in [-0.3, -0.25) is 4.79 Å². The number of hydrogen-bond donors (Lipinski definition) is 0. The van der Waals surface area contributed by atoms with Crippen LogP contribution in [-0.2, 0) is 16.0 Å². The maximum atomic E-state index is 13.1. The molecule has 0 aromatic heterocycles. The monoisotopic (exact) mass is 409 g/mol. The van der Waals surface area contributed by atoms with Gasteiger partial charge in [-0.15, -0.1) is 0 Å². The third-order valence-electron chi connectivity index (χ3n) is 4.31. The van der Waals surface area contributed by atoms with Crippen molar-refractivity contribution in [2.24, 2.45) is 0 Å². The van der Waals surface area contributed by atoms with Gasteiger partial charge in [0.2, 0.25) is 0 Å². The van der Waals surface area contributed by atoms with Crippen molar-refractivity contribution in [1.82, 2.24) is 0 Å². The van der Waals surface area contributed by atoms with Crippen LogP contribution >= 0.6 is 23.2 Å². The van der Waals surface area contributed by atoms with Gasteiger partial charge < -0.3 is 14.4 Å². The number of carbonyl (C=O) groups excluding carboxylic acids is 1. The number of aryl methyl sites for hydroxylation is 2. The zero-order valence-electron chi connectivity index (χ0n) is 16.1. The summed E-state index contributed by atoms with van der Waals surface area (Å²) in [4.78, 5) is 14.9. The van der Waals surface area contributed by atoms with E-state index in [0.717, 1.165) is 23.2 Å². The molecule has 1 amide bonds. The Morgan fingerprint density at radius 1 is 1.22 bits per heavy atom. The molecule has 146 valence electrons. The summed E-state index contributed by atoms with van der Waals surface area (Å²) in [5.74, 6) is 0.267. The standard InChI is InChI=1S/C21H25Cl2NO3/c1-5-16-8-6-7-14(2)21(16)24(15(3)12-26-4)20(25)13-27-19-10-9-17(22)11-18(19)23/h6-11,15H,5,12-13H2,1-4H3/t15-/m0/s1. The van der Waals surface area contributed by atoms with Gasteiger partial charge in [-0.05, 0) is 49.6 Å². The predicted octanol–water partition coefficient (Wildman–Crippen LogP) is 5.31. The molecule has 0 spiro atoms. The summed E-state index contributed by atoms with van der Waals surface area (Å²) in [6, 6.07) is 10.8. The quantitative estimate of drug-likeness (QED) is 0.592. The van der Waals surface area contributed by atoms with E-state index in [9.17, 15) is 4.79 Å². The van der Waals surface area contributed by atoms with Gasteiger partial charge in [0.25, 0.3) is 5.91 Å². The van der Waals surface area contributed by atoms with Crippen LogP contribution in [0, 0.1) is 6.92 Å². The maximum absolute atomic E-state index is 13.1. The van der Waals surface area contributed by atoms with Crippen LogP contribution in [0.5, 0.6) is 5.75 Å². The smallest absolute Gasteiger partial charge is 0.265 e. The summed E-state index contributed by atoms with van der Waals surface area (Å²) in [7, 11) is 1.63. The minimum atomic E-state index is -0.158. The highest BCUT2D eigenvalue weighted by Crippen LogP contribution is 2.30. The molecule has 0 heterocycles. The number of ether oxygens (including phenoxy) is 2. The number of hydrogen-bond acceptors (Lipinski definition) is 3. The highest BCUT2D eigenvalue weighted by Gasteiger charge is 2.26. The lowest BCUT2D eigenvalue weighted by Crippen LogP contribution is -2.44. The van der Waals surface area contributed by atoms with E-state index in [4.69, 9.17) is 32.7 Å². The number of benzene rings is 2. The fourth-order valence-corrected chi connectivity index (χ4v) is 3.52. The number of methoxy groups -OCH3 is 1. The molecule has 0 saturated heterocycles. The molecule has 2 aromatic carbocycles. The fourth-order valence-electron chi connectivity index (χ4n) is 3.06. The molecule has 1 atom stereocenters. The summed E-state index contributed by atoms with van der Waals surface area (Å²) in [5.41, 5.74) is 3.06. The van der Waals surface area contributed by atoms with E-state index < -0.39 is 0 Å². The van der Waals surface area contributed by atoms with E-state index in [1.807, 2.05) is 32.0 Å². The molecule has 0 bridgehead atoms. The number of rotatable bonds is 8. The maximum Gasteiger partial charge on any atom is 0.265 e. The Morgan fingerprint density at radius 2 is 1.96 bits per heavy atom. The van der Waals surface area contributed by atoms with Crippen molar-refractivity contribution in [3.05, 3.63) is 57.6 Å². The van der Waals surface area contributed by atoms with Crippen LogP contribution in [-0.4, -0.2) is 32.3 Å². The lowest BCUT2D eigenvalue weighted by molar-refractivity contribution is -0.121. The van der Waals surface area contributed by atoms with Crippen molar-refractivity contribution < 1.29 is 14.3 Å². The average molecular weight is 410 g/mol. The Hall–Kier alpha value is -1.75. The largest absolute Gasteiger partial charge is 0.482 e. The van der Waals surface area contributed by atoms with Gasteiger partial charge in [0.15, 0.2) is 6.61 Å². The molecule has 0 N–H and O–H groups in total. The van der Waals surface area contributed by atoms with Gasteiger partial charge >= 0.3 is 0 Å². The van der Waals surface area contributed by atoms with Crippen LogP contribution in [0.1, 0.15) is 25.0 Å². The van der Waals surface area contributed by atoms with Crippen LogP contribution < -0.4 is 9.64 Å². The van der Waals surface area contributed by atoms with Gasteiger partial charge in [0.1, 0.15) is 5.75 Å². The first-order valence-electron chi connectivity index (χ1n) is 8.86. The molecular weight excluding hydrogens is 385 g/mol. The Labute approximate surface area is 171 Å². The Balaban J connectivity index is 2.30. The highest BCUT2D eigenvalue weighted by molar-refractivity contribution is 6.35. The lowest BCUT2D eigenvalue weighted by atomic mass is 10.0. The topological polar surface area (TPSA) is 38.8 Å². The number of amides is 1. The third kappa shape index (κ3) is 5.38. The van der Waals surface area contributed by atoms with Gasteiger partial charge in [-0.2, -0.15) is 0 Å². The number of anilines is 1. The molecule has 6 heteroatoms. The SMILES string of the molecule is CCc1cccc(C)c1N(C(=O)COc1ccc(Cl)cc1Cl)[C@@H](C)COC. The number of halogens is 2. The summed E-state index contributed by atoms with van der Waals surface area (Å²) in [5, 5.41) is 0.887. The number of carbonyl (C=O) groups is 1. The summed E-state index contributed by atoms with van der Waals surface area (Å²) >= 11 is 12.0. The molecule has 0 aliphatic heterocycles. The Bertz CT molecular complexity index is 795. The van der Waals surface area contributed by atoms with Crippen LogP contribution in [0.4, 0.5) is 5.69 Å². The van der Waals surface area contributed by atoms with E-state index in [-0.39, 0.29) is 18.6 Å². The zero-order chi connectivity index (χ0) is 20.0. The van der Waals surface area contributed by atoms with Crippen LogP contribution in [0.3, 0.4) is 0 Å². The van der Waals surface area contributed by atoms with Crippen LogP contribution in [0.25, 0.3) is 0 Å². The molecule has 0 fully saturated rings. The number of nitrogens with zero attached hydrogens (tertiary/aromatic N) is 1. The van der Waals surface area contributed by atoms with E-state index in [0.29, 0.717) is 22.4 Å². The van der Waals surface area contributed by atoms with Gasteiger partial charge in [-0.1, -0.05) is 48.3 Å². The second-order valence-electron chi connectivity index (χ2n) is 6.37. The Morgan fingerprint density at radius 3 is 2.59 bits per heavy atom. The van der Waals surface area contributed by atoms with Gasteiger partial charge in [0.05, 0.1) is 23.4 Å². The second-order valence-corrected chi connectivity index (χ2v) is 7.21. The molecule has 0 radical (unpaired) electrons. The summed E-state index contributed by atoms with van der Waals surface area (Å²) in [6.45, 7) is 6.33. The average Bonchev–Trinajstić information content (AvgIpc) is 2.62. The Kier molecular flexibility index (Phi) is 7.96. The van der Waals surface area contributed by atoms with Gasteiger partial charge in [0, 0.05) is 12.1 Å². The van der Waals surface area contributed by atoms with Crippen LogP contribution in [0.15, 0.2) is 36.4 Å². The van der Waals surface area contributed by atoms with E-state index in [1.54, 1.807) is 30.2 Å². The van der Waals surface area contributed by atoms with Crippen molar-refractivity contribution in [2.75, 3.05) is 25.2 Å². The summed E-state index contributed by atoms with van der Waals surface area (Å²) in [6.07, 6.45) is 0.824. The van der Waals surface area contributed by atoms with Crippen molar-refractivity contribution in [3.63, 3.8) is 0 Å². The molecule has 2 rings (SSSR count). The van der Waals surface area contributed by atoms with E-state index >= 15 is 0 Å². The minimum absolute atomic E-state index is 0.132. The predicted molar refractivity (Wildman–Crippen MR) is 111 cm³/mol. The third-order valence-corrected chi connectivity index (χ3v) is 4.84. The first kappa shape index (κ1) is 21.5. The van der Waals surface area contributed by atoms with Crippen molar-refractivity contribution in [2.45, 2.75) is 33.2 Å². The van der Waals surface area contributed by atoms with Crippen LogP contribution in [0.2, 0.25) is 10.0 Å².